The third kappa shape index (κ3) is 9.87. The lowest BCUT2D eigenvalue weighted by Gasteiger charge is -2.40. The number of aliphatic hydroxyl groups excluding tert-OH is 1. The van der Waals surface area contributed by atoms with Gasteiger partial charge in [0.15, 0.2) is 11.5 Å². The number of carboxylic acids is 2. The normalized spacial score (nSPS) is 14.5. The number of benzene rings is 3. The summed E-state index contributed by atoms with van der Waals surface area (Å²) in [5.74, 6) is -2.28. The Kier molecular flexibility index (Phi) is 12.6. The maximum absolute atomic E-state index is 10.6. The Balaban J connectivity index is 0.000000696. The topological polar surface area (TPSA) is 129 Å². The van der Waals surface area contributed by atoms with Gasteiger partial charge in [0.1, 0.15) is 0 Å². The average Bonchev–Trinajstić information content (AvgIpc) is 2.99. The molecule has 3 aromatic carbocycles. The van der Waals surface area contributed by atoms with E-state index in [9.17, 15) is 5.11 Å². The van der Waals surface area contributed by atoms with Crippen LogP contribution < -0.4 is 9.47 Å². The minimum Gasteiger partial charge on any atom is -0.493 e. The number of ether oxygens (including phenoxy) is 3. The third-order valence-electron chi connectivity index (χ3n) is 6.68. The number of hydrogen-bond donors (Lipinski definition) is 3. The van der Waals surface area contributed by atoms with Crippen molar-refractivity contribution in [3.05, 3.63) is 95.6 Å². The summed E-state index contributed by atoms with van der Waals surface area (Å²) in [5, 5.41) is 25.4. The van der Waals surface area contributed by atoms with Crippen LogP contribution in [0.15, 0.2) is 78.9 Å². The molecule has 220 valence electrons. The number of aliphatic carboxylic acids is 2. The van der Waals surface area contributed by atoms with Gasteiger partial charge in [-0.15, -0.1) is 0 Å². The van der Waals surface area contributed by atoms with E-state index in [1.54, 1.807) is 14.2 Å². The molecule has 0 aromatic heterocycles. The summed E-state index contributed by atoms with van der Waals surface area (Å²) in [5.41, 5.74) is 3.61. The van der Waals surface area contributed by atoms with E-state index >= 15 is 0 Å². The Morgan fingerprint density at radius 2 is 1.32 bits per heavy atom. The molecule has 41 heavy (non-hydrogen) atoms. The van der Waals surface area contributed by atoms with Gasteiger partial charge in [-0.1, -0.05) is 66.7 Å². The molecular weight excluding hydrogens is 528 g/mol. The number of methoxy groups -OCH3 is 2. The van der Waals surface area contributed by atoms with E-state index in [-0.39, 0.29) is 6.04 Å². The first-order chi connectivity index (χ1) is 19.8. The molecule has 3 aromatic rings. The molecule has 1 aliphatic heterocycles. The van der Waals surface area contributed by atoms with Crippen LogP contribution in [0.25, 0.3) is 0 Å². The van der Waals surface area contributed by atoms with Gasteiger partial charge in [0.25, 0.3) is 0 Å². The van der Waals surface area contributed by atoms with Crippen molar-refractivity contribution >= 4 is 11.9 Å². The molecule has 0 aliphatic carbocycles. The number of aliphatic hydroxyl groups is 1. The summed E-state index contributed by atoms with van der Waals surface area (Å²) in [4.78, 5) is 23.1. The number of β-amino-alcohol motifs (C(OH)–C–C–N with tert-alkyl or cyclic N) is 1. The molecule has 1 aliphatic rings. The van der Waals surface area contributed by atoms with E-state index < -0.39 is 18.0 Å². The zero-order valence-corrected chi connectivity index (χ0v) is 23.4. The number of carboxylic acid groups (broad SMARTS) is 2. The van der Waals surface area contributed by atoms with Gasteiger partial charge in [-0.25, -0.2) is 9.59 Å². The second kappa shape index (κ2) is 16.3. The third-order valence-corrected chi connectivity index (χ3v) is 6.68. The summed E-state index contributed by atoms with van der Waals surface area (Å²) in [6, 6.07) is 27.4. The zero-order valence-electron chi connectivity index (χ0n) is 23.4. The maximum Gasteiger partial charge on any atom is 0.414 e. The number of rotatable bonds is 11. The summed E-state index contributed by atoms with van der Waals surface area (Å²) in [6.07, 6.45) is -0.527. The van der Waals surface area contributed by atoms with Crippen molar-refractivity contribution in [3.8, 4) is 11.5 Å². The highest BCUT2D eigenvalue weighted by Gasteiger charge is 2.27. The average molecular weight is 567 g/mol. The van der Waals surface area contributed by atoms with Crippen LogP contribution in [0.3, 0.4) is 0 Å². The van der Waals surface area contributed by atoms with Crippen molar-refractivity contribution in [1.29, 1.82) is 0 Å². The van der Waals surface area contributed by atoms with E-state index in [1.165, 1.54) is 11.1 Å². The largest absolute Gasteiger partial charge is 0.493 e. The highest BCUT2D eigenvalue weighted by molar-refractivity contribution is 6.27. The predicted octanol–water partition coefficient (Wildman–Crippen LogP) is 3.14. The van der Waals surface area contributed by atoms with E-state index in [1.807, 2.05) is 18.2 Å². The zero-order chi connectivity index (χ0) is 29.6. The summed E-state index contributed by atoms with van der Waals surface area (Å²) < 4.78 is 16.4. The molecule has 10 nitrogen and oxygen atoms in total. The molecule has 0 saturated carbocycles. The van der Waals surface area contributed by atoms with Crippen LogP contribution in [0.1, 0.15) is 22.7 Å². The molecule has 1 fully saturated rings. The highest BCUT2D eigenvalue weighted by atomic mass is 16.5. The lowest BCUT2D eigenvalue weighted by molar-refractivity contribution is -0.159. The van der Waals surface area contributed by atoms with Gasteiger partial charge in [-0.3, -0.25) is 9.80 Å². The van der Waals surface area contributed by atoms with Gasteiger partial charge in [0.05, 0.1) is 39.6 Å². The number of piperazine rings is 1. The Labute approximate surface area is 240 Å². The summed E-state index contributed by atoms with van der Waals surface area (Å²) >= 11 is 0. The molecule has 4 rings (SSSR count). The molecule has 1 unspecified atom stereocenters. The van der Waals surface area contributed by atoms with Crippen molar-refractivity contribution < 1.29 is 39.1 Å². The van der Waals surface area contributed by atoms with Crippen molar-refractivity contribution in [2.45, 2.75) is 18.8 Å². The van der Waals surface area contributed by atoms with Gasteiger partial charge in [-0.05, 0) is 28.8 Å². The van der Waals surface area contributed by atoms with Gasteiger partial charge < -0.3 is 29.5 Å². The lowest BCUT2D eigenvalue weighted by Crippen LogP contribution is -2.50. The predicted molar refractivity (Wildman–Crippen MR) is 153 cm³/mol. The van der Waals surface area contributed by atoms with Crippen LogP contribution in [-0.2, 0) is 20.9 Å². The Bertz CT molecular complexity index is 1170. The Morgan fingerprint density at radius 3 is 1.80 bits per heavy atom. The monoisotopic (exact) mass is 566 g/mol. The summed E-state index contributed by atoms with van der Waals surface area (Å²) in [7, 11) is 3.24. The van der Waals surface area contributed by atoms with Crippen molar-refractivity contribution in [3.63, 3.8) is 0 Å². The minimum absolute atomic E-state index is 0.245. The molecule has 0 amide bonds. The SMILES string of the molecule is COc1ccc(COCC(O)CN2CCN(C(c3ccccc3)c3ccccc3)CC2)cc1OC.O=C(O)C(=O)O. The van der Waals surface area contributed by atoms with Gasteiger partial charge in [0.2, 0.25) is 0 Å². The molecule has 1 heterocycles. The molecule has 3 N–H and O–H groups in total. The molecule has 0 spiro atoms. The fraction of sp³-hybridized carbons (Fsp3) is 0.355. The second-order valence-corrected chi connectivity index (χ2v) is 9.53. The van der Waals surface area contributed by atoms with Crippen LogP contribution in [0.2, 0.25) is 0 Å². The first-order valence-electron chi connectivity index (χ1n) is 13.3. The molecule has 1 atom stereocenters. The first kappa shape index (κ1) is 31.6. The molecule has 1 saturated heterocycles. The fourth-order valence-corrected chi connectivity index (χ4v) is 4.72. The van der Waals surface area contributed by atoms with Crippen molar-refractivity contribution in [2.24, 2.45) is 0 Å². The van der Waals surface area contributed by atoms with Crippen LogP contribution in [0.4, 0.5) is 0 Å². The molecule has 0 radical (unpaired) electrons. The standard InChI is InChI=1S/C29H36N2O4.C2H2O4/c1-33-27-14-13-23(19-28(27)34-2)21-35-22-26(32)20-30-15-17-31(18-16-30)29(24-9-5-3-6-10-24)25-11-7-4-8-12-25;3-1(4)2(5)6/h3-14,19,26,29,32H,15-18,20-22H2,1-2H3;(H,3,4)(H,5,6). The Hall–Kier alpha value is -3.96. The van der Waals surface area contributed by atoms with Gasteiger partial charge in [0, 0.05) is 32.7 Å². The lowest BCUT2D eigenvalue weighted by atomic mass is 9.96. The van der Waals surface area contributed by atoms with Crippen LogP contribution >= 0.6 is 0 Å². The van der Waals surface area contributed by atoms with E-state index in [4.69, 9.17) is 34.0 Å². The molecule has 10 heteroatoms. The fourth-order valence-electron chi connectivity index (χ4n) is 4.72. The Morgan fingerprint density at radius 1 is 0.780 bits per heavy atom. The number of hydrogen-bond acceptors (Lipinski definition) is 8. The summed E-state index contributed by atoms with van der Waals surface area (Å²) in [6.45, 7) is 5.07. The van der Waals surface area contributed by atoms with E-state index in [0.717, 1.165) is 31.7 Å². The van der Waals surface area contributed by atoms with Gasteiger partial charge >= 0.3 is 11.9 Å². The molecular formula is C31H38N2O8. The van der Waals surface area contributed by atoms with E-state index in [0.29, 0.717) is 31.3 Å². The number of nitrogens with zero attached hydrogens (tertiary/aromatic N) is 2. The van der Waals surface area contributed by atoms with Gasteiger partial charge in [-0.2, -0.15) is 0 Å². The second-order valence-electron chi connectivity index (χ2n) is 9.53. The van der Waals surface area contributed by atoms with Crippen molar-refractivity contribution in [2.75, 3.05) is 53.6 Å². The minimum atomic E-state index is -1.82. The van der Waals surface area contributed by atoms with Crippen molar-refractivity contribution in [1.82, 2.24) is 9.80 Å². The quantitative estimate of drug-likeness (QED) is 0.298. The smallest absolute Gasteiger partial charge is 0.414 e. The highest BCUT2D eigenvalue weighted by Crippen LogP contribution is 2.30. The number of carbonyl (C=O) groups is 2. The van der Waals surface area contributed by atoms with Crippen LogP contribution in [-0.4, -0.2) is 96.7 Å². The van der Waals surface area contributed by atoms with Crippen LogP contribution in [0.5, 0.6) is 11.5 Å². The first-order valence-corrected chi connectivity index (χ1v) is 13.3. The molecule has 0 bridgehead atoms. The van der Waals surface area contributed by atoms with E-state index in [2.05, 4.69) is 70.5 Å². The maximum atomic E-state index is 10.6. The van der Waals surface area contributed by atoms with Crippen LogP contribution in [0, 0.1) is 0 Å².